The van der Waals surface area contributed by atoms with Gasteiger partial charge in [-0.3, -0.25) is 4.79 Å². The summed E-state index contributed by atoms with van der Waals surface area (Å²) in [5.74, 6) is 0.576. The van der Waals surface area contributed by atoms with Crippen LogP contribution in [0.3, 0.4) is 0 Å². The lowest BCUT2D eigenvalue weighted by atomic mass is 10.2. The van der Waals surface area contributed by atoms with Crippen LogP contribution in [0, 0.1) is 0 Å². The molecule has 9 heteroatoms. The molecule has 1 aliphatic heterocycles. The van der Waals surface area contributed by atoms with E-state index in [0.29, 0.717) is 22.2 Å². The second-order valence-electron chi connectivity index (χ2n) is 5.21. The van der Waals surface area contributed by atoms with Crippen LogP contribution < -0.4 is 10.1 Å². The molecule has 26 heavy (non-hydrogen) atoms. The standard InChI is InChI=1S/C17H15N3O4S2/c1-24-13-8-7-12(10-18-20-17-19-16(21)11-25-17)15(9-13)26(22,23)14-5-3-2-4-6-14/h2-10H,11H2,1H3,(H,19,20,21). The lowest BCUT2D eigenvalue weighted by molar-refractivity contribution is -0.116. The Morgan fingerprint density at radius 3 is 2.62 bits per heavy atom. The molecule has 1 heterocycles. The number of benzene rings is 2. The van der Waals surface area contributed by atoms with Gasteiger partial charge in [0.1, 0.15) is 5.75 Å². The number of amides is 1. The van der Waals surface area contributed by atoms with Crippen molar-refractivity contribution in [3.63, 3.8) is 0 Å². The van der Waals surface area contributed by atoms with Gasteiger partial charge in [0.25, 0.3) is 0 Å². The van der Waals surface area contributed by atoms with Gasteiger partial charge in [-0.05, 0) is 30.3 Å². The van der Waals surface area contributed by atoms with Crippen LogP contribution in [-0.4, -0.2) is 38.6 Å². The fourth-order valence-corrected chi connectivity index (χ4v) is 4.33. The molecule has 0 bridgehead atoms. The van der Waals surface area contributed by atoms with Crippen LogP contribution in [0.4, 0.5) is 0 Å². The monoisotopic (exact) mass is 389 g/mol. The second kappa shape index (κ2) is 7.71. The maximum atomic E-state index is 13.0. The van der Waals surface area contributed by atoms with Crippen LogP contribution in [-0.2, 0) is 14.6 Å². The Morgan fingerprint density at radius 2 is 1.96 bits per heavy atom. The van der Waals surface area contributed by atoms with E-state index in [1.54, 1.807) is 30.3 Å². The first kappa shape index (κ1) is 18.2. The van der Waals surface area contributed by atoms with E-state index < -0.39 is 9.84 Å². The van der Waals surface area contributed by atoms with Crippen molar-refractivity contribution < 1.29 is 17.9 Å². The summed E-state index contributed by atoms with van der Waals surface area (Å²) >= 11 is 1.24. The third-order valence-electron chi connectivity index (χ3n) is 3.50. The number of hydrogen-bond donors (Lipinski definition) is 1. The highest BCUT2D eigenvalue weighted by Gasteiger charge is 2.21. The van der Waals surface area contributed by atoms with Crippen molar-refractivity contribution in [2.24, 2.45) is 10.2 Å². The van der Waals surface area contributed by atoms with Crippen molar-refractivity contribution in [3.8, 4) is 5.75 Å². The van der Waals surface area contributed by atoms with Gasteiger partial charge >= 0.3 is 0 Å². The molecule has 0 atom stereocenters. The summed E-state index contributed by atoms with van der Waals surface area (Å²) in [7, 11) is -2.29. The van der Waals surface area contributed by atoms with E-state index in [1.807, 2.05) is 0 Å². The van der Waals surface area contributed by atoms with Crippen molar-refractivity contribution in [1.82, 2.24) is 5.32 Å². The summed E-state index contributed by atoms with van der Waals surface area (Å²) in [6.07, 6.45) is 1.34. The highest BCUT2D eigenvalue weighted by atomic mass is 32.2. The molecule has 0 spiro atoms. The third kappa shape index (κ3) is 3.94. The predicted octanol–water partition coefficient (Wildman–Crippen LogP) is 2.08. The second-order valence-corrected chi connectivity index (χ2v) is 8.09. The highest BCUT2D eigenvalue weighted by molar-refractivity contribution is 8.15. The number of sulfone groups is 1. The number of thioether (sulfide) groups is 1. The quantitative estimate of drug-likeness (QED) is 0.624. The molecule has 0 aliphatic carbocycles. The van der Waals surface area contributed by atoms with E-state index in [9.17, 15) is 13.2 Å². The fourth-order valence-electron chi connectivity index (χ4n) is 2.23. The van der Waals surface area contributed by atoms with Crippen LogP contribution in [0.1, 0.15) is 5.56 Å². The Morgan fingerprint density at radius 1 is 1.19 bits per heavy atom. The molecule has 0 radical (unpaired) electrons. The maximum absolute atomic E-state index is 13.0. The van der Waals surface area contributed by atoms with Crippen molar-refractivity contribution in [2.45, 2.75) is 9.79 Å². The molecule has 2 aromatic rings. The summed E-state index contributed by atoms with van der Waals surface area (Å²) in [4.78, 5) is 11.4. The van der Waals surface area contributed by atoms with Crippen molar-refractivity contribution in [1.29, 1.82) is 0 Å². The van der Waals surface area contributed by atoms with E-state index in [2.05, 4.69) is 15.5 Å². The molecule has 3 rings (SSSR count). The van der Waals surface area contributed by atoms with Crippen LogP contribution >= 0.6 is 11.8 Å². The molecule has 2 aromatic carbocycles. The molecule has 1 amide bonds. The first-order chi connectivity index (χ1) is 12.5. The number of amidine groups is 1. The number of rotatable bonds is 5. The maximum Gasteiger partial charge on any atom is 0.236 e. The van der Waals surface area contributed by atoms with E-state index in [1.165, 1.54) is 43.3 Å². The number of methoxy groups -OCH3 is 1. The van der Waals surface area contributed by atoms with Gasteiger partial charge in [-0.25, -0.2) is 8.42 Å². The Labute approximate surface area is 155 Å². The topological polar surface area (TPSA) is 97.2 Å². The number of nitrogens with one attached hydrogen (secondary N) is 1. The van der Waals surface area contributed by atoms with Gasteiger partial charge in [0.05, 0.1) is 28.9 Å². The number of nitrogens with zero attached hydrogens (tertiary/aromatic N) is 2. The van der Waals surface area contributed by atoms with Crippen LogP contribution in [0.2, 0.25) is 0 Å². The van der Waals surface area contributed by atoms with Gasteiger partial charge in [-0.1, -0.05) is 30.0 Å². The van der Waals surface area contributed by atoms with Gasteiger partial charge in [0.15, 0.2) is 5.17 Å². The molecule has 0 unspecified atom stereocenters. The summed E-state index contributed by atoms with van der Waals surface area (Å²) in [5, 5.41) is 10.7. The Hall–Kier alpha value is -2.65. The van der Waals surface area contributed by atoms with Gasteiger partial charge in [-0.2, -0.15) is 5.10 Å². The number of hydrogen-bond acceptors (Lipinski definition) is 7. The summed E-state index contributed by atoms with van der Waals surface area (Å²) < 4.78 is 31.1. The zero-order valence-electron chi connectivity index (χ0n) is 13.7. The van der Waals surface area contributed by atoms with E-state index in [4.69, 9.17) is 4.74 Å². The molecule has 1 N–H and O–H groups in total. The lowest BCUT2D eigenvalue weighted by Crippen LogP contribution is -2.19. The van der Waals surface area contributed by atoms with E-state index in [-0.39, 0.29) is 15.7 Å². The molecule has 1 saturated heterocycles. The van der Waals surface area contributed by atoms with Crippen LogP contribution in [0.5, 0.6) is 5.75 Å². The van der Waals surface area contributed by atoms with Crippen molar-refractivity contribution in [3.05, 3.63) is 54.1 Å². The summed E-state index contributed by atoms with van der Waals surface area (Å²) in [5.41, 5.74) is 0.369. The Kier molecular flexibility index (Phi) is 5.38. The third-order valence-corrected chi connectivity index (χ3v) is 6.18. The Bertz CT molecular complexity index is 986. The minimum absolute atomic E-state index is 0.0649. The van der Waals surface area contributed by atoms with Gasteiger partial charge in [-0.15, -0.1) is 5.10 Å². The average Bonchev–Trinajstić information content (AvgIpc) is 3.07. The van der Waals surface area contributed by atoms with E-state index in [0.717, 1.165) is 0 Å². The van der Waals surface area contributed by atoms with Crippen molar-refractivity contribution in [2.75, 3.05) is 12.9 Å². The van der Waals surface area contributed by atoms with Gasteiger partial charge < -0.3 is 10.1 Å². The molecule has 134 valence electrons. The molecule has 0 saturated carbocycles. The Balaban J connectivity index is 2.00. The minimum Gasteiger partial charge on any atom is -0.497 e. The van der Waals surface area contributed by atoms with Crippen LogP contribution in [0.25, 0.3) is 0 Å². The molecule has 1 aliphatic rings. The summed E-state index contributed by atoms with van der Waals surface area (Å²) in [6.45, 7) is 0. The van der Waals surface area contributed by atoms with E-state index >= 15 is 0 Å². The molecular formula is C17H15N3O4S2. The van der Waals surface area contributed by atoms with Crippen molar-refractivity contribution >= 4 is 38.9 Å². The SMILES string of the molecule is COc1ccc(C=NN=C2NC(=O)CS2)c(S(=O)(=O)c2ccccc2)c1. The number of carbonyl (C=O) groups excluding carboxylic acids is 1. The first-order valence-corrected chi connectivity index (χ1v) is 9.99. The van der Waals surface area contributed by atoms with Gasteiger partial charge in [0.2, 0.25) is 15.7 Å². The highest BCUT2D eigenvalue weighted by Crippen LogP contribution is 2.27. The zero-order valence-corrected chi connectivity index (χ0v) is 15.4. The largest absolute Gasteiger partial charge is 0.497 e. The average molecular weight is 389 g/mol. The predicted molar refractivity (Wildman–Crippen MR) is 101 cm³/mol. The molecule has 0 aromatic heterocycles. The smallest absolute Gasteiger partial charge is 0.236 e. The molecular weight excluding hydrogens is 374 g/mol. The number of ether oxygens (including phenoxy) is 1. The normalized spacial score (nSPS) is 16.2. The van der Waals surface area contributed by atoms with Crippen LogP contribution in [0.15, 0.2) is 68.5 Å². The molecule has 7 nitrogen and oxygen atoms in total. The fraction of sp³-hybridized carbons (Fsp3) is 0.118. The minimum atomic E-state index is -3.76. The lowest BCUT2D eigenvalue weighted by Gasteiger charge is -2.09. The summed E-state index contributed by atoms with van der Waals surface area (Å²) in [6, 6.07) is 12.8. The molecule has 1 fully saturated rings. The zero-order chi connectivity index (χ0) is 18.6. The number of carbonyl (C=O) groups is 1. The van der Waals surface area contributed by atoms with Gasteiger partial charge in [0, 0.05) is 5.56 Å². The first-order valence-electron chi connectivity index (χ1n) is 7.52.